The lowest BCUT2D eigenvalue weighted by Crippen LogP contribution is -1.95. The number of benzene rings is 1. The van der Waals surface area contributed by atoms with Crippen LogP contribution in [-0.2, 0) is 6.42 Å². The van der Waals surface area contributed by atoms with Crippen molar-refractivity contribution in [2.45, 2.75) is 6.42 Å². The van der Waals surface area contributed by atoms with Gasteiger partial charge in [0.15, 0.2) is 11.5 Å². The zero-order chi connectivity index (χ0) is 13.2. The predicted molar refractivity (Wildman–Crippen MR) is 73.2 cm³/mol. The highest BCUT2D eigenvalue weighted by atomic mass is 16.5. The third kappa shape index (κ3) is 2.22. The number of para-hydroxylation sites is 1. The number of hydrogen-bond acceptors (Lipinski definition) is 4. The Kier molecular flexibility index (Phi) is 2.79. The summed E-state index contributed by atoms with van der Waals surface area (Å²) in [5.41, 5.74) is 8.23. The Morgan fingerprint density at radius 2 is 2.11 bits per heavy atom. The van der Waals surface area contributed by atoms with Crippen molar-refractivity contribution in [2.75, 3.05) is 12.8 Å². The molecule has 0 unspecified atom stereocenters. The maximum Gasteiger partial charge on any atom is 0.157 e. The molecular formula is C14H14N4O. The van der Waals surface area contributed by atoms with E-state index in [4.69, 9.17) is 10.5 Å². The number of nitrogens with zero attached hydrogens (tertiary/aromatic N) is 3. The number of anilines is 1. The first-order valence-corrected chi connectivity index (χ1v) is 5.99. The van der Waals surface area contributed by atoms with E-state index in [-0.39, 0.29) is 0 Å². The smallest absolute Gasteiger partial charge is 0.157 e. The molecule has 2 heterocycles. The van der Waals surface area contributed by atoms with Crippen LogP contribution >= 0.6 is 0 Å². The molecule has 0 saturated heterocycles. The molecule has 0 aliphatic rings. The summed E-state index contributed by atoms with van der Waals surface area (Å²) < 4.78 is 7.05. The molecule has 3 rings (SSSR count). The molecule has 1 aromatic carbocycles. The highest BCUT2D eigenvalue weighted by molar-refractivity contribution is 5.51. The molecule has 0 spiro atoms. The van der Waals surface area contributed by atoms with Crippen LogP contribution in [0.4, 0.5) is 5.69 Å². The normalized spacial score (nSPS) is 10.8. The number of nitrogen functional groups attached to an aromatic ring is 1. The largest absolute Gasteiger partial charge is 0.496 e. The minimum absolute atomic E-state index is 0.631. The van der Waals surface area contributed by atoms with Gasteiger partial charge in [-0.2, -0.15) is 5.10 Å². The van der Waals surface area contributed by atoms with E-state index in [0.29, 0.717) is 12.1 Å². The molecule has 0 aliphatic heterocycles. The van der Waals surface area contributed by atoms with E-state index in [0.717, 1.165) is 22.8 Å². The average molecular weight is 254 g/mol. The van der Waals surface area contributed by atoms with Gasteiger partial charge >= 0.3 is 0 Å². The van der Waals surface area contributed by atoms with Crippen molar-refractivity contribution in [2.24, 2.45) is 0 Å². The number of methoxy groups -OCH3 is 1. The Hall–Kier alpha value is -2.56. The van der Waals surface area contributed by atoms with Gasteiger partial charge in [0.2, 0.25) is 0 Å². The van der Waals surface area contributed by atoms with Crippen LogP contribution in [0.3, 0.4) is 0 Å². The standard InChI is InChI=1S/C14H14N4O/c1-19-12-5-3-2-4-10(12)8-13-16-14-9-11(15)6-7-18(14)17-13/h2-7,9H,8,15H2,1H3. The Morgan fingerprint density at radius 3 is 2.95 bits per heavy atom. The van der Waals surface area contributed by atoms with Crippen LogP contribution in [0.25, 0.3) is 5.65 Å². The maximum absolute atomic E-state index is 5.73. The van der Waals surface area contributed by atoms with Crippen LogP contribution in [0.2, 0.25) is 0 Å². The summed E-state index contributed by atoms with van der Waals surface area (Å²) in [5.74, 6) is 1.59. The van der Waals surface area contributed by atoms with E-state index in [2.05, 4.69) is 10.1 Å². The molecule has 3 aromatic rings. The lowest BCUT2D eigenvalue weighted by atomic mass is 10.1. The summed E-state index contributed by atoms with van der Waals surface area (Å²) in [6, 6.07) is 11.5. The van der Waals surface area contributed by atoms with E-state index in [9.17, 15) is 0 Å². The molecule has 0 atom stereocenters. The minimum atomic E-state index is 0.631. The van der Waals surface area contributed by atoms with Crippen LogP contribution in [0.5, 0.6) is 5.75 Å². The van der Waals surface area contributed by atoms with E-state index >= 15 is 0 Å². The summed E-state index contributed by atoms with van der Waals surface area (Å²) >= 11 is 0. The highest BCUT2D eigenvalue weighted by Gasteiger charge is 2.08. The third-order valence-corrected chi connectivity index (χ3v) is 2.95. The molecule has 0 radical (unpaired) electrons. The molecule has 2 N–H and O–H groups in total. The van der Waals surface area contributed by atoms with Crippen LogP contribution in [0.1, 0.15) is 11.4 Å². The van der Waals surface area contributed by atoms with Crippen molar-refractivity contribution in [3.8, 4) is 5.75 Å². The summed E-state index contributed by atoms with van der Waals surface area (Å²) in [4.78, 5) is 4.46. The zero-order valence-corrected chi connectivity index (χ0v) is 10.6. The van der Waals surface area contributed by atoms with Crippen molar-refractivity contribution in [3.05, 3.63) is 54.0 Å². The second-order valence-corrected chi connectivity index (χ2v) is 4.28. The molecule has 0 fully saturated rings. The van der Waals surface area contributed by atoms with E-state index in [1.54, 1.807) is 23.8 Å². The van der Waals surface area contributed by atoms with Gasteiger partial charge < -0.3 is 10.5 Å². The zero-order valence-electron chi connectivity index (χ0n) is 10.6. The molecule has 0 aliphatic carbocycles. The molecule has 19 heavy (non-hydrogen) atoms. The molecule has 2 aromatic heterocycles. The van der Waals surface area contributed by atoms with E-state index < -0.39 is 0 Å². The predicted octanol–water partition coefficient (Wildman–Crippen LogP) is 1.91. The fourth-order valence-electron chi connectivity index (χ4n) is 2.04. The maximum atomic E-state index is 5.73. The van der Waals surface area contributed by atoms with Crippen molar-refractivity contribution >= 4 is 11.3 Å². The van der Waals surface area contributed by atoms with Gasteiger partial charge in [-0.05, 0) is 12.1 Å². The van der Waals surface area contributed by atoms with Crippen molar-refractivity contribution in [1.29, 1.82) is 0 Å². The molecule has 0 amide bonds. The van der Waals surface area contributed by atoms with Gasteiger partial charge in [-0.25, -0.2) is 9.50 Å². The second kappa shape index (κ2) is 4.61. The van der Waals surface area contributed by atoms with Crippen molar-refractivity contribution < 1.29 is 4.74 Å². The number of pyridine rings is 1. The number of fused-ring (bicyclic) bond motifs is 1. The molecule has 5 nitrogen and oxygen atoms in total. The van der Waals surface area contributed by atoms with Crippen LogP contribution in [0, 0.1) is 0 Å². The SMILES string of the molecule is COc1ccccc1Cc1nc2cc(N)ccn2n1. The molecule has 0 bridgehead atoms. The van der Waals surface area contributed by atoms with Crippen LogP contribution < -0.4 is 10.5 Å². The first-order valence-electron chi connectivity index (χ1n) is 5.99. The van der Waals surface area contributed by atoms with Crippen LogP contribution in [-0.4, -0.2) is 21.7 Å². The number of nitrogens with two attached hydrogens (primary N) is 1. The number of hydrogen-bond donors (Lipinski definition) is 1. The molecule has 0 saturated carbocycles. The van der Waals surface area contributed by atoms with E-state index in [1.165, 1.54) is 0 Å². The number of aromatic nitrogens is 3. The van der Waals surface area contributed by atoms with Crippen molar-refractivity contribution in [1.82, 2.24) is 14.6 Å². The van der Waals surface area contributed by atoms with Gasteiger partial charge in [-0.15, -0.1) is 0 Å². The summed E-state index contributed by atoms with van der Waals surface area (Å²) in [6.07, 6.45) is 2.44. The second-order valence-electron chi connectivity index (χ2n) is 4.28. The Balaban J connectivity index is 1.96. The Morgan fingerprint density at radius 1 is 1.26 bits per heavy atom. The summed E-state index contributed by atoms with van der Waals surface area (Å²) in [5, 5.41) is 4.42. The molecule has 5 heteroatoms. The van der Waals surface area contributed by atoms with E-state index in [1.807, 2.05) is 30.5 Å². The topological polar surface area (TPSA) is 65.4 Å². The van der Waals surface area contributed by atoms with Gasteiger partial charge in [-0.1, -0.05) is 18.2 Å². The van der Waals surface area contributed by atoms with Gasteiger partial charge in [0.1, 0.15) is 5.75 Å². The summed E-state index contributed by atoms with van der Waals surface area (Å²) in [7, 11) is 1.66. The minimum Gasteiger partial charge on any atom is -0.496 e. The van der Waals surface area contributed by atoms with Gasteiger partial charge in [0, 0.05) is 29.9 Å². The Bertz CT molecular complexity index is 720. The van der Waals surface area contributed by atoms with Crippen LogP contribution in [0.15, 0.2) is 42.6 Å². The monoisotopic (exact) mass is 254 g/mol. The molecular weight excluding hydrogens is 240 g/mol. The van der Waals surface area contributed by atoms with Gasteiger partial charge in [0.25, 0.3) is 0 Å². The Labute approximate surface area is 110 Å². The fraction of sp³-hybridized carbons (Fsp3) is 0.143. The quantitative estimate of drug-likeness (QED) is 0.775. The highest BCUT2D eigenvalue weighted by Crippen LogP contribution is 2.20. The lowest BCUT2D eigenvalue weighted by molar-refractivity contribution is 0.410. The average Bonchev–Trinajstić information content (AvgIpc) is 2.80. The van der Waals surface area contributed by atoms with Gasteiger partial charge in [-0.3, -0.25) is 0 Å². The number of ether oxygens (including phenoxy) is 1. The summed E-state index contributed by atoms with van der Waals surface area (Å²) in [6.45, 7) is 0. The first kappa shape index (κ1) is 11.5. The number of rotatable bonds is 3. The van der Waals surface area contributed by atoms with Crippen molar-refractivity contribution in [3.63, 3.8) is 0 Å². The first-order chi connectivity index (χ1) is 9.26. The lowest BCUT2D eigenvalue weighted by Gasteiger charge is -2.05. The van der Waals surface area contributed by atoms with Gasteiger partial charge in [0.05, 0.1) is 7.11 Å². The fourth-order valence-corrected chi connectivity index (χ4v) is 2.04. The third-order valence-electron chi connectivity index (χ3n) is 2.95. The molecule has 96 valence electrons.